The minimum Gasteiger partial charge on any atom is -0.302 e. The van der Waals surface area contributed by atoms with Crippen molar-refractivity contribution < 1.29 is 13.2 Å². The van der Waals surface area contributed by atoms with E-state index < -0.39 is 11.6 Å². The lowest BCUT2D eigenvalue weighted by Crippen LogP contribution is -2.57. The van der Waals surface area contributed by atoms with Crippen LogP contribution < -0.4 is 0 Å². The molecule has 284 valence electrons. The van der Waals surface area contributed by atoms with Gasteiger partial charge in [0.25, 0.3) is 0 Å². The lowest BCUT2D eigenvalue weighted by atomic mass is 9.59. The van der Waals surface area contributed by atoms with Gasteiger partial charge in [-0.2, -0.15) is 13.2 Å². The van der Waals surface area contributed by atoms with E-state index in [0.717, 1.165) is 28.8 Å². The third-order valence-corrected chi connectivity index (χ3v) is 13.1. The SMILES string of the molecule is Cc1ccc(-c2ccc(-c3ccc(C4(c5ccc(-c6ccc(-c7ccc([C@](C)(c8ccccc8)C(F)(F)F)cc7)cc6)cc5)CN5CCC4CC5)cc3)cc2)cc1. The van der Waals surface area contributed by atoms with E-state index in [9.17, 15) is 13.2 Å². The van der Waals surface area contributed by atoms with Gasteiger partial charge < -0.3 is 4.90 Å². The fraction of sp³-hybridized carbons (Fsp3) is 0.208. The summed E-state index contributed by atoms with van der Waals surface area (Å²) in [7, 11) is 0. The van der Waals surface area contributed by atoms with Gasteiger partial charge in [-0.05, 0) is 112 Å². The molecule has 0 radical (unpaired) electrons. The van der Waals surface area contributed by atoms with Crippen LogP contribution in [-0.2, 0) is 10.8 Å². The summed E-state index contributed by atoms with van der Waals surface area (Å²) in [5.41, 5.74) is 11.3. The van der Waals surface area contributed by atoms with E-state index in [1.165, 1.54) is 71.8 Å². The van der Waals surface area contributed by atoms with Crippen molar-refractivity contribution in [3.8, 4) is 44.5 Å². The zero-order valence-electron chi connectivity index (χ0n) is 32.4. The van der Waals surface area contributed by atoms with E-state index in [2.05, 4.69) is 133 Å². The molecule has 0 saturated carbocycles. The summed E-state index contributed by atoms with van der Waals surface area (Å²) in [5, 5.41) is 0. The number of hydrogen-bond donors (Lipinski definition) is 0. The monoisotopic (exact) mass is 753 g/mol. The number of halogens is 3. The van der Waals surface area contributed by atoms with Crippen molar-refractivity contribution >= 4 is 0 Å². The van der Waals surface area contributed by atoms with E-state index in [1.54, 1.807) is 54.6 Å². The summed E-state index contributed by atoms with van der Waals surface area (Å²) in [5.74, 6) is 0.584. The van der Waals surface area contributed by atoms with Crippen molar-refractivity contribution in [3.63, 3.8) is 0 Å². The van der Waals surface area contributed by atoms with Gasteiger partial charge in [-0.25, -0.2) is 0 Å². The molecule has 7 aromatic rings. The van der Waals surface area contributed by atoms with E-state index >= 15 is 0 Å². The average Bonchev–Trinajstić information content (AvgIpc) is 3.27. The summed E-state index contributed by atoms with van der Waals surface area (Å²) < 4.78 is 43.5. The minimum atomic E-state index is -4.44. The fourth-order valence-corrected chi connectivity index (χ4v) is 9.52. The zero-order valence-corrected chi connectivity index (χ0v) is 32.4. The maximum atomic E-state index is 14.5. The molecule has 0 aliphatic carbocycles. The Labute approximate surface area is 334 Å². The second kappa shape index (κ2) is 14.7. The van der Waals surface area contributed by atoms with E-state index in [1.807, 2.05) is 0 Å². The number of piperidine rings is 3. The standard InChI is InChI=1S/C53H46F3N/c1-37-8-10-38(11-9-37)39-12-14-41(15-13-39)44-22-28-48(29-23-44)52(36-57-34-32-50(52)33-35-57)49-30-24-45(25-31-49)42-18-16-40(17-19-42)43-20-26-47(27-21-43)51(2,53(54,55)56)46-6-4-3-5-7-46/h3-31,50H,32-36H2,1-2H3/t51-,52?/m0/s1. The van der Waals surface area contributed by atoms with Crippen LogP contribution in [0.5, 0.6) is 0 Å². The average molecular weight is 754 g/mol. The van der Waals surface area contributed by atoms with Crippen LogP contribution in [0.15, 0.2) is 176 Å². The Balaban J connectivity index is 0.953. The Kier molecular flexibility index (Phi) is 9.49. The van der Waals surface area contributed by atoms with Crippen LogP contribution >= 0.6 is 0 Å². The van der Waals surface area contributed by atoms with Gasteiger partial charge in [0.05, 0.1) is 0 Å². The van der Waals surface area contributed by atoms with Gasteiger partial charge in [-0.1, -0.05) is 181 Å². The molecule has 3 aliphatic rings. The quantitative estimate of drug-likeness (QED) is 0.149. The second-order valence-electron chi connectivity index (χ2n) is 16.3. The van der Waals surface area contributed by atoms with Gasteiger partial charge in [0, 0.05) is 12.0 Å². The fourth-order valence-electron chi connectivity index (χ4n) is 9.52. The molecule has 0 spiro atoms. The third kappa shape index (κ3) is 6.70. The smallest absolute Gasteiger partial charge is 0.302 e. The van der Waals surface area contributed by atoms with Gasteiger partial charge in [0.2, 0.25) is 0 Å². The van der Waals surface area contributed by atoms with Crippen LogP contribution in [-0.4, -0.2) is 30.7 Å². The maximum absolute atomic E-state index is 14.5. The van der Waals surface area contributed by atoms with Crippen molar-refractivity contribution in [1.82, 2.24) is 4.90 Å². The lowest BCUT2D eigenvalue weighted by Gasteiger charge is -2.54. The molecule has 0 N–H and O–H groups in total. The van der Waals surface area contributed by atoms with E-state index in [4.69, 9.17) is 0 Å². The third-order valence-electron chi connectivity index (χ3n) is 13.1. The van der Waals surface area contributed by atoms with Crippen molar-refractivity contribution in [2.24, 2.45) is 5.92 Å². The summed E-state index contributed by atoms with van der Waals surface area (Å²) in [4.78, 5) is 2.64. The van der Waals surface area contributed by atoms with Crippen LogP contribution in [0, 0.1) is 12.8 Å². The highest BCUT2D eigenvalue weighted by Crippen LogP contribution is 2.50. The molecule has 0 amide bonds. The van der Waals surface area contributed by atoms with Crippen LogP contribution in [0.2, 0.25) is 0 Å². The van der Waals surface area contributed by atoms with Crippen molar-refractivity contribution in [2.75, 3.05) is 19.6 Å². The highest BCUT2D eigenvalue weighted by Gasteiger charge is 2.53. The first-order valence-corrected chi connectivity index (χ1v) is 20.1. The first-order valence-electron chi connectivity index (χ1n) is 20.1. The molecular weight excluding hydrogens is 708 g/mol. The number of hydrogen-bond acceptors (Lipinski definition) is 1. The van der Waals surface area contributed by atoms with Crippen LogP contribution in [0.25, 0.3) is 44.5 Å². The molecule has 10 rings (SSSR count). The van der Waals surface area contributed by atoms with Gasteiger partial charge >= 0.3 is 6.18 Å². The minimum absolute atomic E-state index is 0.0679. The molecular formula is C53H46F3N. The van der Waals surface area contributed by atoms with Crippen LogP contribution in [0.3, 0.4) is 0 Å². The molecule has 2 atom stereocenters. The van der Waals surface area contributed by atoms with Crippen molar-refractivity contribution in [3.05, 3.63) is 204 Å². The van der Waals surface area contributed by atoms with Gasteiger partial charge in [0.1, 0.15) is 5.41 Å². The molecule has 2 bridgehead atoms. The van der Waals surface area contributed by atoms with Gasteiger partial charge in [-0.15, -0.1) is 0 Å². The highest BCUT2D eigenvalue weighted by atomic mass is 19.4. The Hall–Kier alpha value is -5.71. The molecule has 7 aromatic carbocycles. The largest absolute Gasteiger partial charge is 0.402 e. The predicted octanol–water partition coefficient (Wildman–Crippen LogP) is 13.5. The number of alkyl halides is 3. The molecule has 1 nitrogen and oxygen atoms in total. The van der Waals surface area contributed by atoms with Crippen LogP contribution in [0.1, 0.15) is 47.6 Å². The number of aryl methyl sites for hydroxylation is 1. The molecule has 3 fully saturated rings. The summed E-state index contributed by atoms with van der Waals surface area (Å²) in [6, 6.07) is 59.5. The Bertz CT molecular complexity index is 2440. The molecule has 3 heterocycles. The van der Waals surface area contributed by atoms with E-state index in [-0.39, 0.29) is 16.5 Å². The number of fused-ring (bicyclic) bond motifs is 3. The Morgan fingerprint density at radius 3 is 1.14 bits per heavy atom. The molecule has 57 heavy (non-hydrogen) atoms. The molecule has 1 unspecified atom stereocenters. The zero-order chi connectivity index (χ0) is 39.2. The van der Waals surface area contributed by atoms with E-state index in [0.29, 0.717) is 5.92 Å². The molecule has 0 aromatic heterocycles. The second-order valence-corrected chi connectivity index (χ2v) is 16.3. The lowest BCUT2D eigenvalue weighted by molar-refractivity contribution is -0.173. The Morgan fingerprint density at radius 2 is 0.789 bits per heavy atom. The number of nitrogens with zero attached hydrogens (tertiary/aromatic N) is 1. The summed E-state index contributed by atoms with van der Waals surface area (Å²) in [6.07, 6.45) is -2.04. The molecule has 4 heteroatoms. The Morgan fingerprint density at radius 1 is 0.456 bits per heavy atom. The first-order chi connectivity index (χ1) is 27.6. The highest BCUT2D eigenvalue weighted by molar-refractivity contribution is 5.73. The van der Waals surface area contributed by atoms with Gasteiger partial charge in [-0.3, -0.25) is 0 Å². The number of benzene rings is 7. The topological polar surface area (TPSA) is 3.24 Å². The summed E-state index contributed by atoms with van der Waals surface area (Å²) >= 11 is 0. The summed E-state index contributed by atoms with van der Waals surface area (Å²) in [6.45, 7) is 6.74. The molecule has 3 aliphatic heterocycles. The van der Waals surface area contributed by atoms with Crippen molar-refractivity contribution in [2.45, 2.75) is 43.7 Å². The van der Waals surface area contributed by atoms with Gasteiger partial charge in [0.15, 0.2) is 0 Å². The maximum Gasteiger partial charge on any atom is 0.402 e. The predicted molar refractivity (Wildman–Crippen MR) is 228 cm³/mol. The molecule has 3 saturated heterocycles. The number of rotatable bonds is 8. The first kappa shape index (κ1) is 36.9. The van der Waals surface area contributed by atoms with Crippen molar-refractivity contribution in [1.29, 1.82) is 0 Å². The van der Waals surface area contributed by atoms with Crippen LogP contribution in [0.4, 0.5) is 13.2 Å². The normalized spacial score (nSPS) is 20.2.